The molecule has 0 atom stereocenters. The summed E-state index contributed by atoms with van der Waals surface area (Å²) in [6.07, 6.45) is 0. The number of carbonyl (C=O) groups excluding carboxylic acids is 1. The molecule has 0 aliphatic heterocycles. The van der Waals surface area contributed by atoms with Crippen molar-refractivity contribution in [3.05, 3.63) is 42.0 Å². The second-order valence-corrected chi connectivity index (χ2v) is 7.02. The van der Waals surface area contributed by atoms with E-state index in [0.717, 1.165) is 4.90 Å². The quantitative estimate of drug-likeness (QED) is 0.685. The van der Waals surface area contributed by atoms with Crippen molar-refractivity contribution in [1.82, 2.24) is 0 Å². The monoisotopic (exact) mass is 375 g/mol. The molecule has 0 aliphatic rings. The minimum atomic E-state index is -0.0998. The zero-order valence-electron chi connectivity index (χ0n) is 15.8. The highest BCUT2D eigenvalue weighted by Crippen LogP contribution is 2.40. The maximum Gasteiger partial charge on any atom is 0.234 e. The van der Waals surface area contributed by atoms with Crippen LogP contribution in [0.25, 0.3) is 0 Å². The third kappa shape index (κ3) is 5.08. The number of rotatable bonds is 8. The van der Waals surface area contributed by atoms with Gasteiger partial charge in [-0.3, -0.25) is 4.79 Å². The van der Waals surface area contributed by atoms with Crippen LogP contribution in [0.2, 0.25) is 0 Å². The molecule has 2 aromatic carbocycles. The van der Waals surface area contributed by atoms with Gasteiger partial charge < -0.3 is 19.5 Å². The molecule has 0 unspecified atom stereocenters. The largest absolute Gasteiger partial charge is 0.493 e. The van der Waals surface area contributed by atoms with E-state index in [2.05, 4.69) is 31.3 Å². The minimum Gasteiger partial charge on any atom is -0.493 e. The predicted molar refractivity (Wildman–Crippen MR) is 106 cm³/mol. The van der Waals surface area contributed by atoms with Crippen molar-refractivity contribution in [2.75, 3.05) is 32.4 Å². The van der Waals surface area contributed by atoms with Crippen LogP contribution < -0.4 is 19.5 Å². The molecule has 140 valence electrons. The summed E-state index contributed by atoms with van der Waals surface area (Å²) in [4.78, 5) is 13.3. The lowest BCUT2D eigenvalue weighted by molar-refractivity contribution is -0.113. The summed E-state index contributed by atoms with van der Waals surface area (Å²) in [5.74, 6) is 2.21. The molecule has 6 heteroatoms. The van der Waals surface area contributed by atoms with E-state index in [-0.39, 0.29) is 5.91 Å². The molecular weight excluding hydrogens is 350 g/mol. The average molecular weight is 375 g/mol. The molecule has 0 heterocycles. The Labute approximate surface area is 159 Å². The Morgan fingerprint density at radius 3 is 2.04 bits per heavy atom. The summed E-state index contributed by atoms with van der Waals surface area (Å²) in [5.41, 5.74) is 1.89. The molecule has 0 aromatic heterocycles. The Hall–Kier alpha value is -2.34. The number of hydrogen-bond acceptors (Lipinski definition) is 5. The minimum absolute atomic E-state index is 0.0998. The van der Waals surface area contributed by atoms with E-state index >= 15 is 0 Å². The van der Waals surface area contributed by atoms with Crippen LogP contribution in [0.4, 0.5) is 5.69 Å². The van der Waals surface area contributed by atoms with Gasteiger partial charge in [-0.1, -0.05) is 26.0 Å². The van der Waals surface area contributed by atoms with Gasteiger partial charge in [0.1, 0.15) is 0 Å². The molecule has 0 saturated carbocycles. The van der Waals surface area contributed by atoms with E-state index in [9.17, 15) is 4.79 Å². The van der Waals surface area contributed by atoms with Crippen LogP contribution >= 0.6 is 11.8 Å². The molecule has 5 nitrogen and oxygen atoms in total. The van der Waals surface area contributed by atoms with Crippen molar-refractivity contribution in [2.45, 2.75) is 24.7 Å². The molecule has 1 amide bonds. The maximum absolute atomic E-state index is 12.3. The Kier molecular flexibility index (Phi) is 7.21. The third-order valence-electron chi connectivity index (χ3n) is 3.87. The number of thioether (sulfide) groups is 1. The molecule has 0 saturated heterocycles. The highest BCUT2D eigenvalue weighted by atomic mass is 32.2. The standard InChI is InChI=1S/C20H25NO4S/c1-13(2)14-6-8-16(9-7-14)26-12-19(22)21-15-10-17(23-3)20(25-5)18(11-15)24-4/h6-11,13H,12H2,1-5H3,(H,21,22). The Balaban J connectivity index is 2.01. The highest BCUT2D eigenvalue weighted by Gasteiger charge is 2.14. The first kappa shape index (κ1) is 20.0. The van der Waals surface area contributed by atoms with Gasteiger partial charge in [-0.2, -0.15) is 0 Å². The Bertz CT molecular complexity index is 719. The lowest BCUT2D eigenvalue weighted by Crippen LogP contribution is -2.14. The maximum atomic E-state index is 12.3. The summed E-state index contributed by atoms with van der Waals surface area (Å²) >= 11 is 1.50. The zero-order valence-corrected chi connectivity index (χ0v) is 16.6. The lowest BCUT2D eigenvalue weighted by atomic mass is 10.0. The normalized spacial score (nSPS) is 10.5. The van der Waals surface area contributed by atoms with Crippen LogP contribution in [0, 0.1) is 0 Å². The molecule has 0 spiro atoms. The molecule has 2 aromatic rings. The number of nitrogens with one attached hydrogen (secondary N) is 1. The molecule has 2 rings (SSSR count). The fraction of sp³-hybridized carbons (Fsp3) is 0.350. The van der Waals surface area contributed by atoms with Crippen molar-refractivity contribution in [1.29, 1.82) is 0 Å². The lowest BCUT2D eigenvalue weighted by Gasteiger charge is -2.14. The number of carbonyl (C=O) groups is 1. The number of hydrogen-bond donors (Lipinski definition) is 1. The fourth-order valence-electron chi connectivity index (χ4n) is 2.45. The van der Waals surface area contributed by atoms with Gasteiger partial charge in [0.2, 0.25) is 11.7 Å². The SMILES string of the molecule is COc1cc(NC(=O)CSc2ccc(C(C)C)cc2)cc(OC)c1OC. The number of ether oxygens (including phenoxy) is 3. The van der Waals surface area contributed by atoms with Crippen LogP contribution in [0.5, 0.6) is 17.2 Å². The molecule has 26 heavy (non-hydrogen) atoms. The fourth-order valence-corrected chi connectivity index (χ4v) is 3.15. The van der Waals surface area contributed by atoms with Crippen molar-refractivity contribution in [3.63, 3.8) is 0 Å². The van der Waals surface area contributed by atoms with Gasteiger partial charge in [-0.15, -0.1) is 11.8 Å². The van der Waals surface area contributed by atoms with Gasteiger partial charge in [0, 0.05) is 22.7 Å². The second-order valence-electron chi connectivity index (χ2n) is 5.97. The number of methoxy groups -OCH3 is 3. The number of benzene rings is 2. The van der Waals surface area contributed by atoms with Gasteiger partial charge >= 0.3 is 0 Å². The average Bonchev–Trinajstić information content (AvgIpc) is 2.65. The topological polar surface area (TPSA) is 56.8 Å². The smallest absolute Gasteiger partial charge is 0.234 e. The van der Waals surface area contributed by atoms with E-state index in [1.165, 1.54) is 17.3 Å². The van der Waals surface area contributed by atoms with Gasteiger partial charge in [-0.05, 0) is 23.6 Å². The molecule has 0 radical (unpaired) electrons. The summed E-state index contributed by atoms with van der Waals surface area (Å²) in [6.45, 7) is 4.32. The highest BCUT2D eigenvalue weighted by molar-refractivity contribution is 8.00. The van der Waals surface area contributed by atoms with E-state index in [1.54, 1.807) is 33.5 Å². The van der Waals surface area contributed by atoms with E-state index in [4.69, 9.17) is 14.2 Å². The molecular formula is C20H25NO4S. The van der Waals surface area contributed by atoms with Crippen LogP contribution in [-0.4, -0.2) is 33.0 Å². The van der Waals surface area contributed by atoms with Crippen LogP contribution in [0.15, 0.2) is 41.3 Å². The van der Waals surface area contributed by atoms with Crippen molar-refractivity contribution in [3.8, 4) is 17.2 Å². The van der Waals surface area contributed by atoms with Crippen LogP contribution in [-0.2, 0) is 4.79 Å². The molecule has 0 bridgehead atoms. The second kappa shape index (κ2) is 9.38. The van der Waals surface area contributed by atoms with Crippen LogP contribution in [0.3, 0.4) is 0 Å². The van der Waals surface area contributed by atoms with Gasteiger partial charge in [0.15, 0.2) is 11.5 Å². The van der Waals surface area contributed by atoms with Gasteiger partial charge in [0.25, 0.3) is 0 Å². The summed E-state index contributed by atoms with van der Waals surface area (Å²) in [6, 6.07) is 11.7. The number of amides is 1. The van der Waals surface area contributed by atoms with Gasteiger partial charge in [-0.25, -0.2) is 0 Å². The molecule has 0 fully saturated rings. The van der Waals surface area contributed by atoms with E-state index in [0.29, 0.717) is 34.6 Å². The zero-order chi connectivity index (χ0) is 19.1. The van der Waals surface area contributed by atoms with Crippen LogP contribution in [0.1, 0.15) is 25.3 Å². The first-order valence-electron chi connectivity index (χ1n) is 8.31. The Morgan fingerprint density at radius 2 is 1.58 bits per heavy atom. The summed E-state index contributed by atoms with van der Waals surface area (Å²) in [5, 5.41) is 2.87. The third-order valence-corrected chi connectivity index (χ3v) is 4.88. The number of anilines is 1. The van der Waals surface area contributed by atoms with Gasteiger partial charge in [0.05, 0.1) is 27.1 Å². The van der Waals surface area contributed by atoms with Crippen molar-refractivity contribution >= 4 is 23.4 Å². The summed E-state index contributed by atoms with van der Waals surface area (Å²) in [7, 11) is 4.62. The first-order valence-corrected chi connectivity index (χ1v) is 9.29. The first-order chi connectivity index (χ1) is 12.5. The van der Waals surface area contributed by atoms with Crippen molar-refractivity contribution in [2.24, 2.45) is 0 Å². The predicted octanol–water partition coefficient (Wildman–Crippen LogP) is 4.57. The van der Waals surface area contributed by atoms with E-state index < -0.39 is 0 Å². The molecule has 0 aliphatic carbocycles. The van der Waals surface area contributed by atoms with Crippen molar-refractivity contribution < 1.29 is 19.0 Å². The Morgan fingerprint density at radius 1 is 1.00 bits per heavy atom. The summed E-state index contributed by atoms with van der Waals surface area (Å²) < 4.78 is 15.9. The van der Waals surface area contributed by atoms with E-state index in [1.807, 2.05) is 12.1 Å². The molecule has 1 N–H and O–H groups in total.